The van der Waals surface area contributed by atoms with Crippen molar-refractivity contribution in [2.75, 3.05) is 19.0 Å². The Morgan fingerprint density at radius 3 is 2.89 bits per heavy atom. The van der Waals surface area contributed by atoms with E-state index in [1.165, 1.54) is 5.56 Å². The number of rotatable bonds is 2. The average Bonchev–Trinajstić information content (AvgIpc) is 2.46. The average molecular weight is 255 g/mol. The van der Waals surface area contributed by atoms with E-state index in [0.717, 1.165) is 29.3 Å². The van der Waals surface area contributed by atoms with Crippen LogP contribution in [0.5, 0.6) is 11.5 Å². The molecule has 0 saturated heterocycles. The van der Waals surface area contributed by atoms with Crippen LogP contribution in [0.1, 0.15) is 17.2 Å². The second-order valence-electron chi connectivity index (χ2n) is 4.73. The molecule has 1 unspecified atom stereocenters. The highest BCUT2D eigenvalue weighted by atomic mass is 16.5. The normalized spacial score (nSPS) is 17.1. The Labute approximate surface area is 113 Å². The Kier molecular flexibility index (Phi) is 3.03. The SMILES string of the molecule is COc1ccccc1C1CNc2cc(C)ccc2O1. The minimum absolute atomic E-state index is 0.0219. The lowest BCUT2D eigenvalue weighted by Crippen LogP contribution is -2.24. The Morgan fingerprint density at radius 2 is 2.05 bits per heavy atom. The summed E-state index contributed by atoms with van der Waals surface area (Å²) in [6.07, 6.45) is -0.0219. The number of nitrogens with one attached hydrogen (secondary N) is 1. The Bertz CT molecular complexity index is 595. The summed E-state index contributed by atoms with van der Waals surface area (Å²) in [4.78, 5) is 0. The predicted octanol–water partition coefficient (Wildman–Crippen LogP) is 3.55. The van der Waals surface area contributed by atoms with Crippen molar-refractivity contribution in [1.82, 2.24) is 0 Å². The van der Waals surface area contributed by atoms with Crippen LogP contribution in [-0.4, -0.2) is 13.7 Å². The zero-order chi connectivity index (χ0) is 13.2. The molecule has 1 N–H and O–H groups in total. The third-order valence-electron chi connectivity index (χ3n) is 3.37. The number of aryl methyl sites for hydroxylation is 1. The van der Waals surface area contributed by atoms with Gasteiger partial charge in [-0.1, -0.05) is 24.3 Å². The van der Waals surface area contributed by atoms with Gasteiger partial charge in [0.25, 0.3) is 0 Å². The van der Waals surface area contributed by atoms with Gasteiger partial charge in [0.15, 0.2) is 0 Å². The van der Waals surface area contributed by atoms with Crippen molar-refractivity contribution in [2.45, 2.75) is 13.0 Å². The molecule has 2 aromatic rings. The van der Waals surface area contributed by atoms with E-state index in [2.05, 4.69) is 24.4 Å². The first-order valence-corrected chi connectivity index (χ1v) is 6.42. The fraction of sp³-hybridized carbons (Fsp3) is 0.250. The van der Waals surface area contributed by atoms with Crippen LogP contribution in [-0.2, 0) is 0 Å². The van der Waals surface area contributed by atoms with E-state index < -0.39 is 0 Å². The van der Waals surface area contributed by atoms with E-state index in [-0.39, 0.29) is 6.10 Å². The molecule has 0 radical (unpaired) electrons. The van der Waals surface area contributed by atoms with Gasteiger partial charge in [0.05, 0.1) is 19.3 Å². The van der Waals surface area contributed by atoms with Crippen molar-refractivity contribution in [3.8, 4) is 11.5 Å². The number of para-hydroxylation sites is 1. The zero-order valence-corrected chi connectivity index (χ0v) is 11.1. The summed E-state index contributed by atoms with van der Waals surface area (Å²) in [5, 5.41) is 3.42. The molecule has 0 amide bonds. The smallest absolute Gasteiger partial charge is 0.145 e. The molecule has 3 rings (SSSR count). The van der Waals surface area contributed by atoms with Gasteiger partial charge in [-0.25, -0.2) is 0 Å². The highest BCUT2D eigenvalue weighted by molar-refractivity contribution is 5.60. The molecule has 0 aromatic heterocycles. The third-order valence-corrected chi connectivity index (χ3v) is 3.37. The van der Waals surface area contributed by atoms with Crippen molar-refractivity contribution in [1.29, 1.82) is 0 Å². The molecule has 2 aromatic carbocycles. The minimum atomic E-state index is -0.0219. The molecule has 1 heterocycles. The number of hydrogen-bond donors (Lipinski definition) is 1. The molecule has 0 bridgehead atoms. The van der Waals surface area contributed by atoms with Gasteiger partial charge in [0.2, 0.25) is 0 Å². The molecular formula is C16H17NO2. The van der Waals surface area contributed by atoms with Gasteiger partial charge >= 0.3 is 0 Å². The van der Waals surface area contributed by atoms with Gasteiger partial charge in [-0.15, -0.1) is 0 Å². The van der Waals surface area contributed by atoms with Crippen LogP contribution < -0.4 is 14.8 Å². The van der Waals surface area contributed by atoms with Gasteiger partial charge < -0.3 is 14.8 Å². The van der Waals surface area contributed by atoms with Crippen LogP contribution in [0.4, 0.5) is 5.69 Å². The molecule has 3 heteroatoms. The standard InChI is InChI=1S/C16H17NO2/c1-11-7-8-15-13(9-11)17-10-16(19-15)12-5-3-4-6-14(12)18-2/h3-9,16-17H,10H2,1-2H3. The van der Waals surface area contributed by atoms with Gasteiger partial charge in [-0.2, -0.15) is 0 Å². The number of anilines is 1. The lowest BCUT2D eigenvalue weighted by Gasteiger charge is -2.28. The van der Waals surface area contributed by atoms with Gasteiger partial charge in [-0.3, -0.25) is 0 Å². The van der Waals surface area contributed by atoms with Crippen LogP contribution in [0.25, 0.3) is 0 Å². The number of benzene rings is 2. The monoisotopic (exact) mass is 255 g/mol. The van der Waals surface area contributed by atoms with Gasteiger partial charge in [0, 0.05) is 5.56 Å². The van der Waals surface area contributed by atoms with E-state index in [0.29, 0.717) is 0 Å². The molecule has 98 valence electrons. The molecule has 3 nitrogen and oxygen atoms in total. The predicted molar refractivity (Wildman–Crippen MR) is 76.0 cm³/mol. The van der Waals surface area contributed by atoms with Crippen LogP contribution in [0.15, 0.2) is 42.5 Å². The molecule has 0 fully saturated rings. The molecule has 0 spiro atoms. The van der Waals surface area contributed by atoms with Crippen LogP contribution in [0.2, 0.25) is 0 Å². The summed E-state index contributed by atoms with van der Waals surface area (Å²) in [7, 11) is 1.69. The fourth-order valence-corrected chi connectivity index (χ4v) is 2.39. The first-order valence-electron chi connectivity index (χ1n) is 6.42. The number of fused-ring (bicyclic) bond motifs is 1. The maximum absolute atomic E-state index is 6.07. The summed E-state index contributed by atoms with van der Waals surface area (Å²) < 4.78 is 11.5. The van der Waals surface area contributed by atoms with E-state index in [4.69, 9.17) is 9.47 Å². The maximum Gasteiger partial charge on any atom is 0.145 e. The summed E-state index contributed by atoms with van der Waals surface area (Å²) in [5.74, 6) is 1.76. The topological polar surface area (TPSA) is 30.5 Å². The van der Waals surface area contributed by atoms with E-state index in [9.17, 15) is 0 Å². The second-order valence-corrected chi connectivity index (χ2v) is 4.73. The zero-order valence-electron chi connectivity index (χ0n) is 11.1. The quantitative estimate of drug-likeness (QED) is 0.890. The highest BCUT2D eigenvalue weighted by Crippen LogP contribution is 2.37. The lowest BCUT2D eigenvalue weighted by atomic mass is 10.1. The maximum atomic E-state index is 6.07. The van der Waals surface area contributed by atoms with Crippen molar-refractivity contribution >= 4 is 5.69 Å². The van der Waals surface area contributed by atoms with Crippen LogP contribution in [0.3, 0.4) is 0 Å². The summed E-state index contributed by atoms with van der Waals surface area (Å²) in [6, 6.07) is 14.2. The molecule has 1 atom stereocenters. The fourth-order valence-electron chi connectivity index (χ4n) is 2.39. The first kappa shape index (κ1) is 11.9. The minimum Gasteiger partial charge on any atom is -0.496 e. The van der Waals surface area contributed by atoms with E-state index >= 15 is 0 Å². The molecule has 1 aliphatic heterocycles. The van der Waals surface area contributed by atoms with Crippen molar-refractivity contribution in [3.63, 3.8) is 0 Å². The molecule has 0 aliphatic carbocycles. The van der Waals surface area contributed by atoms with Crippen LogP contribution in [0, 0.1) is 6.92 Å². The lowest BCUT2D eigenvalue weighted by molar-refractivity contribution is 0.205. The third kappa shape index (κ3) is 2.24. The van der Waals surface area contributed by atoms with Crippen molar-refractivity contribution < 1.29 is 9.47 Å². The van der Waals surface area contributed by atoms with Gasteiger partial charge in [-0.05, 0) is 30.7 Å². The van der Waals surface area contributed by atoms with Crippen molar-refractivity contribution in [3.05, 3.63) is 53.6 Å². The van der Waals surface area contributed by atoms with Crippen molar-refractivity contribution in [2.24, 2.45) is 0 Å². The molecule has 1 aliphatic rings. The largest absolute Gasteiger partial charge is 0.496 e. The van der Waals surface area contributed by atoms with Crippen LogP contribution >= 0.6 is 0 Å². The second kappa shape index (κ2) is 4.84. The Morgan fingerprint density at radius 1 is 1.21 bits per heavy atom. The molecular weight excluding hydrogens is 238 g/mol. The first-order chi connectivity index (χ1) is 9.28. The van der Waals surface area contributed by atoms with E-state index in [1.54, 1.807) is 7.11 Å². The Balaban J connectivity index is 1.91. The number of methoxy groups -OCH3 is 1. The highest BCUT2D eigenvalue weighted by Gasteiger charge is 2.23. The summed E-state index contributed by atoms with van der Waals surface area (Å²) >= 11 is 0. The number of hydrogen-bond acceptors (Lipinski definition) is 3. The van der Waals surface area contributed by atoms with Gasteiger partial charge in [0.1, 0.15) is 17.6 Å². The Hall–Kier alpha value is -2.16. The number of ether oxygens (including phenoxy) is 2. The van der Waals surface area contributed by atoms with E-state index in [1.807, 2.05) is 30.3 Å². The molecule has 19 heavy (non-hydrogen) atoms. The summed E-state index contributed by atoms with van der Waals surface area (Å²) in [5.41, 5.74) is 3.36. The summed E-state index contributed by atoms with van der Waals surface area (Å²) in [6.45, 7) is 2.82. The molecule has 0 saturated carbocycles.